The molecule has 2 amide bonds. The number of hydrogen-bond acceptors (Lipinski definition) is 3. The quantitative estimate of drug-likeness (QED) is 0.442. The van der Waals surface area contributed by atoms with E-state index >= 15 is 0 Å². The smallest absolute Gasteiger partial charge is 0.267 e. The van der Waals surface area contributed by atoms with Gasteiger partial charge in [0.2, 0.25) is 0 Å². The standard InChI is InChI=1S/C22H25BrN2O3.2C2H6/c1-22(2,3)17-8-6-16(7-9-17)20(27)25-19(21(28)24-12-13-26)14-15-4-10-18(23)11-5-15;2*1-2/h4-11,14,26H,12-13H2,1-3H3,(H,24,28)(H,25,27);2*1-2H3/b19-14-;;. The molecule has 0 aromatic heterocycles. The number of nitrogens with one attached hydrogen (secondary N) is 2. The summed E-state index contributed by atoms with van der Waals surface area (Å²) in [6.07, 6.45) is 1.60. The second-order valence-electron chi connectivity index (χ2n) is 7.37. The van der Waals surface area contributed by atoms with Crippen LogP contribution in [0.15, 0.2) is 58.7 Å². The Morgan fingerprint density at radius 3 is 1.94 bits per heavy atom. The minimum Gasteiger partial charge on any atom is -0.395 e. The Bertz CT molecular complexity index is 852. The molecule has 0 aliphatic carbocycles. The Labute approximate surface area is 201 Å². The first-order valence-corrected chi connectivity index (χ1v) is 11.8. The summed E-state index contributed by atoms with van der Waals surface area (Å²) in [6, 6.07) is 14.7. The van der Waals surface area contributed by atoms with E-state index in [0.29, 0.717) is 5.56 Å². The van der Waals surface area contributed by atoms with Gasteiger partial charge < -0.3 is 15.7 Å². The fraction of sp³-hybridized carbons (Fsp3) is 0.385. The van der Waals surface area contributed by atoms with Gasteiger partial charge in [-0.2, -0.15) is 0 Å². The van der Waals surface area contributed by atoms with Crippen molar-refractivity contribution in [2.45, 2.75) is 53.9 Å². The lowest BCUT2D eigenvalue weighted by molar-refractivity contribution is -0.117. The molecule has 2 aromatic rings. The molecular weight excluding hydrogens is 468 g/mol. The zero-order valence-electron chi connectivity index (χ0n) is 20.3. The zero-order chi connectivity index (χ0) is 24.7. The average molecular weight is 505 g/mol. The minimum absolute atomic E-state index is 0.00810. The lowest BCUT2D eigenvalue weighted by Gasteiger charge is -2.19. The van der Waals surface area contributed by atoms with Crippen molar-refractivity contribution in [1.82, 2.24) is 10.6 Å². The molecule has 0 saturated heterocycles. The second-order valence-corrected chi connectivity index (χ2v) is 8.29. The Morgan fingerprint density at radius 2 is 1.47 bits per heavy atom. The predicted molar refractivity (Wildman–Crippen MR) is 138 cm³/mol. The van der Waals surface area contributed by atoms with E-state index < -0.39 is 5.91 Å². The maximum atomic E-state index is 12.6. The average Bonchev–Trinajstić information content (AvgIpc) is 2.80. The largest absolute Gasteiger partial charge is 0.395 e. The molecule has 5 nitrogen and oxygen atoms in total. The van der Waals surface area contributed by atoms with E-state index in [0.717, 1.165) is 15.6 Å². The van der Waals surface area contributed by atoms with Crippen LogP contribution < -0.4 is 10.6 Å². The summed E-state index contributed by atoms with van der Waals surface area (Å²) in [5.41, 5.74) is 2.45. The van der Waals surface area contributed by atoms with Gasteiger partial charge in [-0.15, -0.1) is 0 Å². The molecule has 0 aliphatic rings. The number of benzene rings is 2. The molecule has 6 heteroatoms. The summed E-state index contributed by atoms with van der Waals surface area (Å²) < 4.78 is 0.916. The molecule has 0 spiro atoms. The van der Waals surface area contributed by atoms with Crippen LogP contribution in [-0.2, 0) is 10.2 Å². The van der Waals surface area contributed by atoms with Crippen molar-refractivity contribution in [2.24, 2.45) is 0 Å². The van der Waals surface area contributed by atoms with Gasteiger partial charge in [0.05, 0.1) is 6.61 Å². The van der Waals surface area contributed by atoms with Crippen LogP contribution in [0.25, 0.3) is 6.08 Å². The van der Waals surface area contributed by atoms with Crippen LogP contribution in [0.1, 0.15) is 70.0 Å². The Morgan fingerprint density at radius 1 is 0.938 bits per heavy atom. The van der Waals surface area contributed by atoms with Crippen LogP contribution in [0.4, 0.5) is 0 Å². The first-order valence-electron chi connectivity index (χ1n) is 11.0. The number of hydrogen-bond donors (Lipinski definition) is 3. The minimum atomic E-state index is -0.461. The number of aliphatic hydroxyl groups is 1. The second kappa shape index (κ2) is 15.4. The Hall–Kier alpha value is -2.44. The third kappa shape index (κ3) is 10.2. The molecule has 0 aliphatic heterocycles. The summed E-state index contributed by atoms with van der Waals surface area (Å²) >= 11 is 3.37. The maximum Gasteiger partial charge on any atom is 0.267 e. The molecule has 2 rings (SSSR count). The molecular formula is C26H37BrN2O3. The first kappa shape index (κ1) is 29.6. The fourth-order valence-electron chi connectivity index (χ4n) is 2.46. The lowest BCUT2D eigenvalue weighted by atomic mass is 9.87. The number of rotatable bonds is 6. The molecule has 0 fully saturated rings. The molecule has 176 valence electrons. The number of carbonyl (C=O) groups is 2. The van der Waals surface area contributed by atoms with E-state index in [1.54, 1.807) is 18.2 Å². The number of amides is 2. The molecule has 32 heavy (non-hydrogen) atoms. The van der Waals surface area contributed by atoms with Crippen molar-refractivity contribution >= 4 is 33.8 Å². The predicted octanol–water partition coefficient (Wildman–Crippen LogP) is 5.68. The highest BCUT2D eigenvalue weighted by Gasteiger charge is 2.17. The zero-order valence-corrected chi connectivity index (χ0v) is 21.8. The van der Waals surface area contributed by atoms with Crippen molar-refractivity contribution < 1.29 is 14.7 Å². The third-order valence-corrected chi connectivity index (χ3v) is 4.61. The van der Waals surface area contributed by atoms with Crippen LogP contribution in [0.3, 0.4) is 0 Å². The van der Waals surface area contributed by atoms with Crippen LogP contribution in [0, 0.1) is 0 Å². The van der Waals surface area contributed by atoms with Crippen LogP contribution in [0.2, 0.25) is 0 Å². The Balaban J connectivity index is 0.00000227. The molecule has 0 unspecified atom stereocenters. The van der Waals surface area contributed by atoms with Gasteiger partial charge in [-0.25, -0.2) is 0 Å². The van der Waals surface area contributed by atoms with Crippen LogP contribution in [-0.4, -0.2) is 30.1 Å². The number of carbonyl (C=O) groups excluding carboxylic acids is 2. The third-order valence-electron chi connectivity index (χ3n) is 4.08. The Kier molecular flexibility index (Phi) is 14.2. The van der Waals surface area contributed by atoms with Crippen molar-refractivity contribution in [3.63, 3.8) is 0 Å². The van der Waals surface area contributed by atoms with Gasteiger partial charge in [-0.05, 0) is 46.9 Å². The summed E-state index contributed by atoms with van der Waals surface area (Å²) in [7, 11) is 0. The summed E-state index contributed by atoms with van der Waals surface area (Å²) in [5.74, 6) is -0.834. The van der Waals surface area contributed by atoms with Gasteiger partial charge in [-0.3, -0.25) is 9.59 Å². The SMILES string of the molecule is CC.CC.CC(C)(C)c1ccc(C(=O)N/C(=C\c2ccc(Br)cc2)C(=O)NCCO)cc1. The van der Waals surface area contributed by atoms with Gasteiger partial charge in [0.1, 0.15) is 5.70 Å². The van der Waals surface area contributed by atoms with E-state index in [2.05, 4.69) is 47.3 Å². The van der Waals surface area contributed by atoms with E-state index in [4.69, 9.17) is 5.11 Å². The molecule has 2 aromatic carbocycles. The van der Waals surface area contributed by atoms with Gasteiger partial charge in [0, 0.05) is 16.6 Å². The highest BCUT2D eigenvalue weighted by molar-refractivity contribution is 9.10. The topological polar surface area (TPSA) is 78.4 Å². The molecule has 0 atom stereocenters. The highest BCUT2D eigenvalue weighted by atomic mass is 79.9. The fourth-order valence-corrected chi connectivity index (χ4v) is 2.73. The van der Waals surface area contributed by atoms with Crippen molar-refractivity contribution in [3.05, 3.63) is 75.4 Å². The molecule has 3 N–H and O–H groups in total. The van der Waals surface area contributed by atoms with Gasteiger partial charge in [0.15, 0.2) is 0 Å². The summed E-state index contributed by atoms with van der Waals surface area (Å²) in [4.78, 5) is 25.1. The van der Waals surface area contributed by atoms with E-state index in [1.165, 1.54) is 0 Å². The van der Waals surface area contributed by atoms with Gasteiger partial charge >= 0.3 is 0 Å². The number of aliphatic hydroxyl groups excluding tert-OH is 1. The molecule has 0 bridgehead atoms. The highest BCUT2D eigenvalue weighted by Crippen LogP contribution is 2.22. The number of halogens is 1. The maximum absolute atomic E-state index is 12.6. The van der Waals surface area contributed by atoms with Crippen molar-refractivity contribution in [1.29, 1.82) is 0 Å². The summed E-state index contributed by atoms with van der Waals surface area (Å²) in [6.45, 7) is 14.2. The van der Waals surface area contributed by atoms with Crippen LogP contribution in [0.5, 0.6) is 0 Å². The van der Waals surface area contributed by atoms with Gasteiger partial charge in [-0.1, -0.05) is 88.7 Å². The van der Waals surface area contributed by atoms with Crippen molar-refractivity contribution in [3.8, 4) is 0 Å². The van der Waals surface area contributed by atoms with Crippen LogP contribution >= 0.6 is 15.9 Å². The van der Waals surface area contributed by atoms with Crippen molar-refractivity contribution in [2.75, 3.05) is 13.2 Å². The normalized spacial score (nSPS) is 10.7. The molecule has 0 saturated carbocycles. The van der Waals surface area contributed by atoms with E-state index in [-0.39, 0.29) is 30.2 Å². The molecule has 0 radical (unpaired) electrons. The lowest BCUT2D eigenvalue weighted by Crippen LogP contribution is -2.36. The van der Waals surface area contributed by atoms with E-state index in [1.807, 2.05) is 64.1 Å². The molecule has 0 heterocycles. The summed E-state index contributed by atoms with van der Waals surface area (Å²) in [5, 5.41) is 14.2. The van der Waals surface area contributed by atoms with Gasteiger partial charge in [0.25, 0.3) is 11.8 Å². The first-order chi connectivity index (χ1) is 15.2. The van der Waals surface area contributed by atoms with E-state index in [9.17, 15) is 9.59 Å². The monoisotopic (exact) mass is 504 g/mol.